The maximum atomic E-state index is 12.7. The Bertz CT molecular complexity index is 985. The van der Waals surface area contributed by atoms with E-state index in [4.69, 9.17) is 0 Å². The first-order valence-electron chi connectivity index (χ1n) is 7.82. The number of rotatable bonds is 3. The van der Waals surface area contributed by atoms with E-state index in [1.54, 1.807) is 28.7 Å². The summed E-state index contributed by atoms with van der Waals surface area (Å²) in [5.41, 5.74) is 2.39. The first kappa shape index (κ1) is 15.8. The Morgan fingerprint density at radius 3 is 2.64 bits per heavy atom. The van der Waals surface area contributed by atoms with Crippen LogP contribution in [0.1, 0.15) is 17.8 Å². The number of fused-ring (bicyclic) bond motifs is 1. The minimum atomic E-state index is -0.513. The molecule has 0 spiro atoms. The minimum Gasteiger partial charge on any atom is -0.274 e. The maximum Gasteiger partial charge on any atom is 0.256 e. The predicted octanol–water partition coefficient (Wildman–Crippen LogP) is 2.17. The lowest BCUT2D eigenvalue weighted by molar-refractivity contribution is -0.121. The van der Waals surface area contributed by atoms with Crippen molar-refractivity contribution < 1.29 is 9.59 Å². The Kier molecular flexibility index (Phi) is 3.76. The lowest BCUT2D eigenvalue weighted by Crippen LogP contribution is -2.31. The van der Waals surface area contributed by atoms with Crippen LogP contribution >= 0.6 is 11.8 Å². The van der Waals surface area contributed by atoms with Crippen LogP contribution in [0.3, 0.4) is 0 Å². The number of carbonyl (C=O) groups is 2. The van der Waals surface area contributed by atoms with E-state index in [9.17, 15) is 9.59 Å². The predicted molar refractivity (Wildman–Crippen MR) is 93.5 cm³/mol. The molecule has 0 saturated carbocycles. The fourth-order valence-corrected chi connectivity index (χ4v) is 4.05. The van der Waals surface area contributed by atoms with E-state index < -0.39 is 5.25 Å². The fourth-order valence-electron chi connectivity index (χ4n) is 2.95. The molecular weight excluding hydrogens is 338 g/mol. The van der Waals surface area contributed by atoms with Crippen molar-refractivity contribution in [1.82, 2.24) is 19.6 Å². The van der Waals surface area contributed by atoms with Crippen molar-refractivity contribution >= 4 is 35.0 Å². The van der Waals surface area contributed by atoms with Crippen LogP contribution in [0.4, 0.5) is 5.69 Å². The van der Waals surface area contributed by atoms with Gasteiger partial charge in [-0.05, 0) is 32.0 Å². The minimum absolute atomic E-state index is 0.144. The molecule has 1 aliphatic heterocycles. The van der Waals surface area contributed by atoms with Crippen molar-refractivity contribution in [1.29, 1.82) is 0 Å². The van der Waals surface area contributed by atoms with Crippen LogP contribution in [-0.2, 0) is 9.59 Å². The highest BCUT2D eigenvalue weighted by atomic mass is 32.2. The Morgan fingerprint density at radius 2 is 1.88 bits per heavy atom. The second-order valence-electron chi connectivity index (χ2n) is 5.87. The average molecular weight is 353 g/mol. The SMILES string of the molecule is Cc1cc(C)n2c(SC3CC(=O)N(c4ccccc4)C3=O)nnc2n1. The van der Waals surface area contributed by atoms with Gasteiger partial charge in [0.15, 0.2) is 5.16 Å². The van der Waals surface area contributed by atoms with Crippen LogP contribution in [0.2, 0.25) is 0 Å². The number of imide groups is 1. The van der Waals surface area contributed by atoms with Crippen molar-refractivity contribution in [3.8, 4) is 0 Å². The number of benzene rings is 1. The molecule has 0 aliphatic carbocycles. The van der Waals surface area contributed by atoms with Gasteiger partial charge < -0.3 is 0 Å². The molecule has 1 aromatic carbocycles. The highest BCUT2D eigenvalue weighted by molar-refractivity contribution is 8.00. The highest BCUT2D eigenvalue weighted by Crippen LogP contribution is 2.33. The first-order chi connectivity index (χ1) is 12.0. The molecule has 2 aromatic heterocycles. The van der Waals surface area contributed by atoms with Crippen LogP contribution < -0.4 is 4.90 Å². The number of carbonyl (C=O) groups excluding carboxylic acids is 2. The van der Waals surface area contributed by atoms with Gasteiger partial charge in [-0.25, -0.2) is 9.88 Å². The van der Waals surface area contributed by atoms with Gasteiger partial charge in [-0.15, -0.1) is 10.2 Å². The standard InChI is InChI=1S/C17H15N5O2S/c1-10-8-11(2)21-16(18-10)19-20-17(21)25-13-9-14(23)22(15(13)24)12-6-4-3-5-7-12/h3-8,13H,9H2,1-2H3. The molecule has 1 unspecified atom stereocenters. The smallest absolute Gasteiger partial charge is 0.256 e. The summed E-state index contributed by atoms with van der Waals surface area (Å²) in [4.78, 5) is 30.7. The number of hydrogen-bond acceptors (Lipinski definition) is 6. The lowest BCUT2D eigenvalue weighted by atomic mass is 10.3. The molecule has 1 fully saturated rings. The molecule has 8 heteroatoms. The molecular formula is C17H15N5O2S. The van der Waals surface area contributed by atoms with Gasteiger partial charge in [0.25, 0.3) is 5.78 Å². The fraction of sp³-hybridized carbons (Fsp3) is 0.235. The third-order valence-corrected chi connectivity index (χ3v) is 5.16. The molecule has 3 aromatic rings. The van der Waals surface area contributed by atoms with E-state index in [-0.39, 0.29) is 18.2 Å². The first-order valence-corrected chi connectivity index (χ1v) is 8.70. The van der Waals surface area contributed by atoms with E-state index in [0.29, 0.717) is 16.6 Å². The second-order valence-corrected chi connectivity index (χ2v) is 7.04. The molecule has 25 heavy (non-hydrogen) atoms. The van der Waals surface area contributed by atoms with E-state index in [2.05, 4.69) is 15.2 Å². The van der Waals surface area contributed by atoms with Gasteiger partial charge in [-0.3, -0.25) is 14.0 Å². The van der Waals surface area contributed by atoms with Gasteiger partial charge in [-0.2, -0.15) is 0 Å². The molecule has 4 rings (SSSR count). The highest BCUT2D eigenvalue weighted by Gasteiger charge is 2.41. The van der Waals surface area contributed by atoms with Crippen molar-refractivity contribution in [2.45, 2.75) is 30.7 Å². The maximum absolute atomic E-state index is 12.7. The van der Waals surface area contributed by atoms with E-state index in [1.165, 1.54) is 16.7 Å². The van der Waals surface area contributed by atoms with Gasteiger partial charge in [0, 0.05) is 17.8 Å². The number of thioether (sulfide) groups is 1. The van der Waals surface area contributed by atoms with Gasteiger partial charge >= 0.3 is 0 Å². The van der Waals surface area contributed by atoms with Crippen LogP contribution in [0.25, 0.3) is 5.78 Å². The molecule has 1 atom stereocenters. The van der Waals surface area contributed by atoms with Crippen LogP contribution in [-0.4, -0.2) is 36.6 Å². The summed E-state index contributed by atoms with van der Waals surface area (Å²) >= 11 is 1.25. The van der Waals surface area contributed by atoms with Gasteiger partial charge in [-0.1, -0.05) is 30.0 Å². The van der Waals surface area contributed by atoms with Crippen LogP contribution in [0.15, 0.2) is 41.6 Å². The average Bonchev–Trinajstić information content (AvgIpc) is 3.10. The summed E-state index contributed by atoms with van der Waals surface area (Å²) < 4.78 is 1.81. The summed E-state index contributed by atoms with van der Waals surface area (Å²) in [5, 5.41) is 8.28. The van der Waals surface area contributed by atoms with Crippen molar-refractivity contribution in [3.05, 3.63) is 47.8 Å². The molecule has 126 valence electrons. The summed E-state index contributed by atoms with van der Waals surface area (Å²) in [6.45, 7) is 3.83. The van der Waals surface area contributed by atoms with Crippen molar-refractivity contribution in [3.63, 3.8) is 0 Å². The zero-order valence-corrected chi connectivity index (χ0v) is 14.5. The van der Waals surface area contributed by atoms with E-state index in [0.717, 1.165) is 11.4 Å². The monoisotopic (exact) mass is 353 g/mol. The Morgan fingerprint density at radius 1 is 1.12 bits per heavy atom. The number of aryl methyl sites for hydroxylation is 2. The Hall–Kier alpha value is -2.74. The second kappa shape index (κ2) is 5.96. The number of anilines is 1. The van der Waals surface area contributed by atoms with Gasteiger partial charge in [0.1, 0.15) is 5.25 Å². The number of para-hydroxylation sites is 1. The summed E-state index contributed by atoms with van der Waals surface area (Å²) in [6.07, 6.45) is 0.144. The number of hydrogen-bond donors (Lipinski definition) is 0. The third kappa shape index (κ3) is 2.68. The number of amides is 2. The molecule has 1 saturated heterocycles. The largest absolute Gasteiger partial charge is 0.274 e. The molecule has 0 N–H and O–H groups in total. The number of nitrogens with zero attached hydrogens (tertiary/aromatic N) is 5. The van der Waals surface area contributed by atoms with Crippen LogP contribution in [0, 0.1) is 13.8 Å². The molecule has 0 bridgehead atoms. The third-order valence-electron chi connectivity index (χ3n) is 4.03. The molecule has 0 radical (unpaired) electrons. The normalized spacial score (nSPS) is 17.7. The van der Waals surface area contributed by atoms with Crippen molar-refractivity contribution in [2.24, 2.45) is 0 Å². The topological polar surface area (TPSA) is 80.5 Å². The summed E-state index contributed by atoms with van der Waals surface area (Å²) in [7, 11) is 0. The summed E-state index contributed by atoms with van der Waals surface area (Å²) in [5.74, 6) is 0.0700. The zero-order chi connectivity index (χ0) is 17.6. The quantitative estimate of drug-likeness (QED) is 0.671. The Balaban J connectivity index is 1.64. The summed E-state index contributed by atoms with van der Waals surface area (Å²) in [6, 6.07) is 10.9. The van der Waals surface area contributed by atoms with E-state index >= 15 is 0 Å². The zero-order valence-electron chi connectivity index (χ0n) is 13.7. The van der Waals surface area contributed by atoms with Gasteiger partial charge in [0.2, 0.25) is 11.8 Å². The van der Waals surface area contributed by atoms with E-state index in [1.807, 2.05) is 26.0 Å². The molecule has 1 aliphatic rings. The molecule has 7 nitrogen and oxygen atoms in total. The van der Waals surface area contributed by atoms with Crippen molar-refractivity contribution in [2.75, 3.05) is 4.90 Å². The molecule has 3 heterocycles. The van der Waals surface area contributed by atoms with Gasteiger partial charge in [0.05, 0.1) is 5.69 Å². The molecule has 2 amide bonds. The number of aromatic nitrogens is 4. The Labute approximate surface area is 148 Å². The lowest BCUT2D eigenvalue weighted by Gasteiger charge is -2.14. The van der Waals surface area contributed by atoms with Crippen LogP contribution in [0.5, 0.6) is 0 Å².